The largest absolute Gasteiger partial charge is 0.383 e. The number of nitrogens with zero attached hydrogens (tertiary/aromatic N) is 3. The number of ether oxygens (including phenoxy) is 1. The highest BCUT2D eigenvalue weighted by molar-refractivity contribution is 7.12. The van der Waals surface area contributed by atoms with E-state index in [1.807, 2.05) is 62.5 Å². The van der Waals surface area contributed by atoms with Gasteiger partial charge >= 0.3 is 6.03 Å². The van der Waals surface area contributed by atoms with Crippen LogP contribution in [0.4, 0.5) is 4.79 Å². The Bertz CT molecular complexity index is 909. The molecule has 1 N–H and O–H groups in total. The molecule has 2 heterocycles. The van der Waals surface area contributed by atoms with Gasteiger partial charge in [0, 0.05) is 26.1 Å². The molecular weight excluding hydrogens is 412 g/mol. The number of amides is 3. The Balaban J connectivity index is 1.84. The van der Waals surface area contributed by atoms with Gasteiger partial charge in [0.2, 0.25) is 0 Å². The normalized spacial score (nSPS) is 15.8. The summed E-state index contributed by atoms with van der Waals surface area (Å²) in [6, 6.07) is 11.7. The summed E-state index contributed by atoms with van der Waals surface area (Å²) in [5.41, 5.74) is 3.09. The van der Waals surface area contributed by atoms with Crippen molar-refractivity contribution in [2.75, 3.05) is 26.8 Å². The topological polar surface area (TPSA) is 74.2 Å². The monoisotopic (exact) mass is 442 g/mol. The summed E-state index contributed by atoms with van der Waals surface area (Å²) in [6.07, 6.45) is 0.644. The quantitative estimate of drug-likeness (QED) is 0.676. The molecule has 31 heavy (non-hydrogen) atoms. The van der Waals surface area contributed by atoms with Crippen molar-refractivity contribution in [1.29, 1.82) is 0 Å². The number of hydrazone groups is 1. The molecule has 0 spiro atoms. The number of rotatable bonds is 8. The number of benzene rings is 1. The lowest BCUT2D eigenvalue weighted by molar-refractivity contribution is -0.133. The molecule has 1 aromatic carbocycles. The first kappa shape index (κ1) is 23.0. The SMILES string of the molecule is COCCN(CC(=O)N1N=C(c2cccs2)CC1c1ccc(C)cc1)C(=O)NC(C)C. The van der Waals surface area contributed by atoms with Crippen molar-refractivity contribution in [2.45, 2.75) is 39.3 Å². The van der Waals surface area contributed by atoms with Crippen LogP contribution in [0.3, 0.4) is 0 Å². The van der Waals surface area contributed by atoms with E-state index >= 15 is 0 Å². The molecule has 0 fully saturated rings. The van der Waals surface area contributed by atoms with Crippen LogP contribution in [-0.4, -0.2) is 60.4 Å². The number of hydrogen-bond donors (Lipinski definition) is 1. The number of urea groups is 1. The Morgan fingerprint density at radius 3 is 2.65 bits per heavy atom. The molecule has 7 nitrogen and oxygen atoms in total. The summed E-state index contributed by atoms with van der Waals surface area (Å²) in [4.78, 5) is 28.5. The fourth-order valence-electron chi connectivity index (χ4n) is 3.41. The molecule has 1 unspecified atom stereocenters. The van der Waals surface area contributed by atoms with Crippen LogP contribution in [0.2, 0.25) is 0 Å². The van der Waals surface area contributed by atoms with Crippen LogP contribution >= 0.6 is 11.3 Å². The first-order valence-corrected chi connectivity index (χ1v) is 11.3. The van der Waals surface area contributed by atoms with Crippen molar-refractivity contribution in [3.63, 3.8) is 0 Å². The highest BCUT2D eigenvalue weighted by atomic mass is 32.1. The van der Waals surface area contributed by atoms with Gasteiger partial charge in [-0.25, -0.2) is 9.80 Å². The minimum absolute atomic E-state index is 0.0248. The number of methoxy groups -OCH3 is 1. The third-order valence-electron chi connectivity index (χ3n) is 5.02. The van der Waals surface area contributed by atoms with Crippen molar-refractivity contribution in [1.82, 2.24) is 15.2 Å². The Labute approximate surface area is 187 Å². The van der Waals surface area contributed by atoms with Gasteiger partial charge < -0.3 is 15.0 Å². The Hall–Kier alpha value is -2.71. The van der Waals surface area contributed by atoms with E-state index in [1.165, 1.54) is 4.90 Å². The van der Waals surface area contributed by atoms with E-state index in [0.717, 1.165) is 21.7 Å². The van der Waals surface area contributed by atoms with Crippen LogP contribution in [0.1, 0.15) is 42.3 Å². The number of hydrogen-bond acceptors (Lipinski definition) is 5. The van der Waals surface area contributed by atoms with Crippen LogP contribution in [0.15, 0.2) is 46.9 Å². The number of aryl methyl sites for hydroxylation is 1. The Morgan fingerprint density at radius 1 is 1.29 bits per heavy atom. The van der Waals surface area contributed by atoms with Gasteiger partial charge in [0.05, 0.1) is 23.2 Å². The van der Waals surface area contributed by atoms with E-state index in [4.69, 9.17) is 4.74 Å². The van der Waals surface area contributed by atoms with Crippen molar-refractivity contribution in [3.05, 3.63) is 57.8 Å². The molecule has 1 aliphatic rings. The number of thiophene rings is 1. The summed E-state index contributed by atoms with van der Waals surface area (Å²) < 4.78 is 5.13. The second kappa shape index (κ2) is 10.5. The lowest BCUT2D eigenvalue weighted by Gasteiger charge is -2.27. The molecule has 1 atom stereocenters. The molecule has 8 heteroatoms. The lowest BCUT2D eigenvalue weighted by Crippen LogP contribution is -2.48. The molecule has 0 radical (unpaired) electrons. The Kier molecular flexibility index (Phi) is 7.81. The summed E-state index contributed by atoms with van der Waals surface area (Å²) in [5.74, 6) is -0.216. The minimum Gasteiger partial charge on any atom is -0.383 e. The van der Waals surface area contributed by atoms with Gasteiger partial charge in [0.1, 0.15) is 6.54 Å². The molecule has 166 valence electrons. The maximum Gasteiger partial charge on any atom is 0.318 e. The number of carbonyl (C=O) groups is 2. The van der Waals surface area contributed by atoms with E-state index < -0.39 is 0 Å². The second-order valence-electron chi connectivity index (χ2n) is 7.91. The fraction of sp³-hybridized carbons (Fsp3) is 0.435. The average molecular weight is 443 g/mol. The molecule has 0 saturated heterocycles. The molecular formula is C23H30N4O3S. The summed E-state index contributed by atoms with van der Waals surface area (Å²) in [7, 11) is 1.58. The maximum atomic E-state index is 13.3. The third kappa shape index (κ3) is 5.92. The van der Waals surface area contributed by atoms with Crippen LogP contribution < -0.4 is 5.32 Å². The van der Waals surface area contributed by atoms with E-state index in [-0.39, 0.29) is 30.6 Å². The molecule has 0 bridgehead atoms. The summed E-state index contributed by atoms with van der Waals surface area (Å²) in [6.45, 7) is 6.43. The number of nitrogens with one attached hydrogen (secondary N) is 1. The predicted molar refractivity (Wildman–Crippen MR) is 123 cm³/mol. The van der Waals surface area contributed by atoms with Crippen molar-refractivity contribution in [3.8, 4) is 0 Å². The smallest absolute Gasteiger partial charge is 0.318 e. The molecule has 0 aliphatic carbocycles. The summed E-state index contributed by atoms with van der Waals surface area (Å²) in [5, 5.41) is 11.1. The van der Waals surface area contributed by atoms with Gasteiger partial charge in [0.15, 0.2) is 0 Å². The van der Waals surface area contributed by atoms with Gasteiger partial charge in [-0.05, 0) is 37.8 Å². The van der Waals surface area contributed by atoms with Crippen molar-refractivity contribution >= 4 is 29.0 Å². The standard InChI is InChI=1S/C23H30N4O3S/c1-16(2)24-23(29)26(11-12-30-4)15-22(28)27-20(18-9-7-17(3)8-10-18)14-19(25-27)21-6-5-13-31-21/h5-10,13,16,20H,11-12,14-15H2,1-4H3,(H,24,29). The lowest BCUT2D eigenvalue weighted by atomic mass is 10.00. The van der Waals surface area contributed by atoms with Crippen LogP contribution in [0.5, 0.6) is 0 Å². The van der Waals surface area contributed by atoms with E-state index in [2.05, 4.69) is 10.4 Å². The molecule has 1 aliphatic heterocycles. The molecule has 0 saturated carbocycles. The van der Waals surface area contributed by atoms with Gasteiger partial charge in [-0.1, -0.05) is 35.9 Å². The number of carbonyl (C=O) groups excluding carboxylic acids is 2. The maximum absolute atomic E-state index is 13.3. The van der Waals surface area contributed by atoms with E-state index in [1.54, 1.807) is 23.5 Å². The molecule has 1 aromatic heterocycles. The average Bonchev–Trinajstić information content (AvgIpc) is 3.40. The highest BCUT2D eigenvalue weighted by Crippen LogP contribution is 2.34. The fourth-order valence-corrected chi connectivity index (χ4v) is 4.13. The van der Waals surface area contributed by atoms with E-state index in [0.29, 0.717) is 19.6 Å². The highest BCUT2D eigenvalue weighted by Gasteiger charge is 2.34. The van der Waals surface area contributed by atoms with Gasteiger partial charge in [-0.3, -0.25) is 4.79 Å². The molecule has 2 aromatic rings. The van der Waals surface area contributed by atoms with Crippen LogP contribution in [0, 0.1) is 6.92 Å². The van der Waals surface area contributed by atoms with Gasteiger partial charge in [0.25, 0.3) is 5.91 Å². The summed E-state index contributed by atoms with van der Waals surface area (Å²) >= 11 is 1.61. The Morgan fingerprint density at radius 2 is 2.03 bits per heavy atom. The zero-order chi connectivity index (χ0) is 22.4. The van der Waals surface area contributed by atoms with E-state index in [9.17, 15) is 9.59 Å². The zero-order valence-corrected chi connectivity index (χ0v) is 19.3. The van der Waals surface area contributed by atoms with Crippen LogP contribution in [-0.2, 0) is 9.53 Å². The van der Waals surface area contributed by atoms with Gasteiger partial charge in [-0.15, -0.1) is 11.3 Å². The third-order valence-corrected chi connectivity index (χ3v) is 5.94. The second-order valence-corrected chi connectivity index (χ2v) is 8.86. The van der Waals surface area contributed by atoms with Gasteiger partial charge in [-0.2, -0.15) is 5.10 Å². The molecule has 3 amide bonds. The van der Waals surface area contributed by atoms with Crippen molar-refractivity contribution < 1.29 is 14.3 Å². The van der Waals surface area contributed by atoms with Crippen LogP contribution in [0.25, 0.3) is 0 Å². The minimum atomic E-state index is -0.283. The first-order valence-electron chi connectivity index (χ1n) is 10.4. The first-order chi connectivity index (χ1) is 14.9. The predicted octanol–water partition coefficient (Wildman–Crippen LogP) is 3.80. The van der Waals surface area contributed by atoms with Crippen molar-refractivity contribution in [2.24, 2.45) is 5.10 Å². The zero-order valence-electron chi connectivity index (χ0n) is 18.5. The molecule has 3 rings (SSSR count).